The summed E-state index contributed by atoms with van der Waals surface area (Å²) in [4.78, 5) is 0.773. The fourth-order valence-corrected chi connectivity index (χ4v) is 3.95. The minimum atomic E-state index is -1.21. The van der Waals surface area contributed by atoms with E-state index in [2.05, 4.69) is 25.8 Å². The highest BCUT2D eigenvalue weighted by Gasteiger charge is 2.24. The molecule has 0 aliphatic carbocycles. The zero-order valence-electron chi connectivity index (χ0n) is 11.6. The minimum Gasteiger partial charge on any atom is -0.383 e. The predicted octanol–water partition coefficient (Wildman–Crippen LogP) is 1.70. The molecule has 9 nitrogen and oxygen atoms in total. The van der Waals surface area contributed by atoms with Gasteiger partial charge >= 0.3 is 0 Å². The van der Waals surface area contributed by atoms with E-state index in [4.69, 9.17) is 14.8 Å². The third-order valence-electron chi connectivity index (χ3n) is 3.18. The molecule has 0 atom stereocenters. The van der Waals surface area contributed by atoms with Crippen LogP contribution in [0.5, 0.6) is 0 Å². The van der Waals surface area contributed by atoms with Gasteiger partial charge in [-0.3, -0.25) is 0 Å². The Kier molecular flexibility index (Phi) is 3.27. The van der Waals surface area contributed by atoms with Gasteiger partial charge in [-0.15, -0.1) is 21.1 Å². The van der Waals surface area contributed by atoms with Gasteiger partial charge in [0.1, 0.15) is 5.82 Å². The molecule has 2 N–H and O–H groups in total. The van der Waals surface area contributed by atoms with Crippen LogP contribution in [0.3, 0.4) is 0 Å². The third-order valence-corrected chi connectivity index (χ3v) is 5.32. The van der Waals surface area contributed by atoms with Crippen molar-refractivity contribution in [3.05, 3.63) is 49.1 Å². The molecular formula is C13H11N7O2S. The lowest BCUT2D eigenvalue weighted by Crippen LogP contribution is -2.02. The van der Waals surface area contributed by atoms with Gasteiger partial charge in [0.15, 0.2) is 22.6 Å². The van der Waals surface area contributed by atoms with Crippen molar-refractivity contribution in [3.63, 3.8) is 0 Å². The molecular weight excluding hydrogens is 318 g/mol. The number of para-hydroxylation sites is 1. The van der Waals surface area contributed by atoms with Crippen LogP contribution in [-0.4, -0.2) is 30.5 Å². The molecule has 0 aliphatic heterocycles. The first kappa shape index (κ1) is 13.5. The molecule has 0 saturated heterocycles. The van der Waals surface area contributed by atoms with Crippen molar-refractivity contribution in [1.29, 1.82) is 0 Å². The Bertz CT molecular complexity index is 856. The molecule has 3 heterocycles. The molecule has 4 aromatic rings. The predicted molar refractivity (Wildman–Crippen MR) is 80.4 cm³/mol. The Balaban J connectivity index is 1.84. The highest BCUT2D eigenvalue weighted by molar-refractivity contribution is 8.17. The lowest BCUT2D eigenvalue weighted by Gasteiger charge is -2.14. The van der Waals surface area contributed by atoms with Gasteiger partial charge < -0.3 is 14.8 Å². The quantitative estimate of drug-likeness (QED) is 0.542. The zero-order chi connectivity index (χ0) is 15.6. The van der Waals surface area contributed by atoms with Crippen molar-refractivity contribution in [2.45, 2.75) is 14.9 Å². The average Bonchev–Trinajstić information content (AvgIpc) is 3.33. The van der Waals surface area contributed by atoms with E-state index in [1.54, 1.807) is 10.9 Å². The third kappa shape index (κ3) is 2.34. The fourth-order valence-electron chi connectivity index (χ4n) is 2.17. The van der Waals surface area contributed by atoms with E-state index >= 15 is 0 Å². The number of benzene rings is 1. The summed E-state index contributed by atoms with van der Waals surface area (Å²) < 4.78 is 11.4. The minimum absolute atomic E-state index is 0.494. The molecule has 0 saturated carbocycles. The van der Waals surface area contributed by atoms with Crippen LogP contribution < -0.4 is 5.73 Å². The summed E-state index contributed by atoms with van der Waals surface area (Å²) >= 11 is 0. The molecule has 116 valence electrons. The van der Waals surface area contributed by atoms with Crippen molar-refractivity contribution >= 4 is 16.7 Å². The van der Waals surface area contributed by atoms with Crippen molar-refractivity contribution in [3.8, 4) is 5.69 Å². The van der Waals surface area contributed by atoms with Crippen LogP contribution in [0, 0.1) is 0 Å². The second-order valence-electron chi connectivity index (χ2n) is 4.52. The Morgan fingerprint density at radius 2 is 1.61 bits per heavy atom. The Morgan fingerprint density at radius 3 is 2.17 bits per heavy atom. The van der Waals surface area contributed by atoms with Gasteiger partial charge in [-0.2, -0.15) is 5.10 Å². The van der Waals surface area contributed by atoms with Crippen LogP contribution in [0.1, 0.15) is 0 Å². The molecule has 0 spiro atoms. The van der Waals surface area contributed by atoms with Crippen molar-refractivity contribution < 1.29 is 9.05 Å². The summed E-state index contributed by atoms with van der Waals surface area (Å²) in [6.45, 7) is 0. The first-order valence-corrected chi connectivity index (χ1v) is 7.92. The molecule has 3 aromatic heterocycles. The second-order valence-corrected chi connectivity index (χ2v) is 6.59. The largest absolute Gasteiger partial charge is 0.383 e. The van der Waals surface area contributed by atoms with Gasteiger partial charge in [-0.05, 0) is 12.1 Å². The van der Waals surface area contributed by atoms with E-state index in [1.807, 2.05) is 30.3 Å². The van der Waals surface area contributed by atoms with Crippen molar-refractivity contribution in [2.24, 2.45) is 0 Å². The number of thiol groups is 1. The average molecular weight is 329 g/mol. The van der Waals surface area contributed by atoms with Crippen LogP contribution in [0.2, 0.25) is 0 Å². The van der Waals surface area contributed by atoms with Gasteiger partial charge in [0, 0.05) is 10.5 Å². The standard InChI is InChI=1S/C13H11N7O2S/c14-13-10(6-15-20(13)9-4-2-1-3-5-9)23(11-7-21-18-16-11)12-8-22-19-17-12/h1-8,23H,14H2. The maximum Gasteiger partial charge on any atom is 0.157 e. The molecule has 10 heteroatoms. The normalized spacial score (nSPS) is 11.6. The number of hydrogen-bond acceptors (Lipinski definition) is 8. The van der Waals surface area contributed by atoms with E-state index in [9.17, 15) is 0 Å². The number of anilines is 1. The highest BCUT2D eigenvalue weighted by atomic mass is 32.2. The molecule has 0 amide bonds. The summed E-state index contributed by atoms with van der Waals surface area (Å²) in [6.07, 6.45) is 4.61. The van der Waals surface area contributed by atoms with Gasteiger partial charge in [0.2, 0.25) is 0 Å². The van der Waals surface area contributed by atoms with Crippen LogP contribution in [-0.2, 0) is 0 Å². The van der Waals surface area contributed by atoms with Gasteiger partial charge in [-0.25, -0.2) is 4.68 Å². The van der Waals surface area contributed by atoms with E-state index in [0.29, 0.717) is 15.9 Å². The molecule has 0 fully saturated rings. The Labute approximate surface area is 132 Å². The van der Waals surface area contributed by atoms with Gasteiger partial charge in [0.25, 0.3) is 0 Å². The number of nitrogen functional groups attached to an aromatic ring is 1. The molecule has 1 aromatic carbocycles. The first-order chi connectivity index (χ1) is 11.3. The Hall–Kier alpha value is -3.14. The molecule has 0 aliphatic rings. The van der Waals surface area contributed by atoms with Crippen molar-refractivity contribution in [1.82, 2.24) is 30.5 Å². The molecule has 0 radical (unpaired) electrons. The van der Waals surface area contributed by atoms with Crippen LogP contribution in [0.4, 0.5) is 5.82 Å². The maximum atomic E-state index is 6.31. The van der Waals surface area contributed by atoms with E-state index < -0.39 is 10.9 Å². The number of nitrogens with two attached hydrogens (primary N) is 1. The number of nitrogens with zero attached hydrogens (tertiary/aromatic N) is 6. The summed E-state index contributed by atoms with van der Waals surface area (Å²) in [5.41, 5.74) is 7.17. The monoisotopic (exact) mass is 329 g/mol. The summed E-state index contributed by atoms with van der Waals surface area (Å²) in [6, 6.07) is 9.61. The lowest BCUT2D eigenvalue weighted by atomic mass is 10.3. The number of hydrogen-bond donors (Lipinski definition) is 2. The molecule has 0 unspecified atom stereocenters. The fraction of sp³-hybridized carbons (Fsp3) is 0. The molecule has 0 bridgehead atoms. The van der Waals surface area contributed by atoms with Crippen LogP contribution in [0.15, 0.2) is 73.0 Å². The smallest absolute Gasteiger partial charge is 0.157 e. The number of rotatable bonds is 4. The highest BCUT2D eigenvalue weighted by Crippen LogP contribution is 2.51. The first-order valence-electron chi connectivity index (χ1n) is 6.58. The topological polar surface area (TPSA) is 122 Å². The summed E-state index contributed by atoms with van der Waals surface area (Å²) in [7, 11) is -1.21. The van der Waals surface area contributed by atoms with E-state index in [1.165, 1.54) is 12.5 Å². The number of aromatic nitrogens is 6. The summed E-state index contributed by atoms with van der Waals surface area (Å²) in [5.74, 6) is 0.494. The zero-order valence-corrected chi connectivity index (χ0v) is 12.5. The van der Waals surface area contributed by atoms with Crippen LogP contribution >= 0.6 is 10.9 Å². The summed E-state index contributed by atoms with van der Waals surface area (Å²) in [5, 5.41) is 20.6. The SMILES string of the molecule is Nc1c([SH](c2conn2)c2conn2)cnn1-c1ccccc1. The van der Waals surface area contributed by atoms with Crippen molar-refractivity contribution in [2.75, 3.05) is 5.73 Å². The van der Waals surface area contributed by atoms with Gasteiger partial charge in [-0.1, -0.05) is 18.2 Å². The van der Waals surface area contributed by atoms with E-state index in [-0.39, 0.29) is 0 Å². The molecule has 4 rings (SSSR count). The van der Waals surface area contributed by atoms with E-state index in [0.717, 1.165) is 10.6 Å². The Morgan fingerprint density at radius 1 is 0.957 bits per heavy atom. The second kappa shape index (κ2) is 5.57. The lowest BCUT2D eigenvalue weighted by molar-refractivity contribution is 0.392. The molecule has 23 heavy (non-hydrogen) atoms. The maximum absolute atomic E-state index is 6.31. The van der Waals surface area contributed by atoms with Crippen LogP contribution in [0.25, 0.3) is 5.69 Å². The van der Waals surface area contributed by atoms with Gasteiger partial charge in [0.05, 0.1) is 16.8 Å².